The minimum atomic E-state index is -1.84. The molecule has 33 heavy (non-hydrogen) atoms. The van der Waals surface area contributed by atoms with Gasteiger partial charge in [0.1, 0.15) is 5.60 Å². The fourth-order valence-corrected chi connectivity index (χ4v) is 10.8. The van der Waals surface area contributed by atoms with Crippen molar-refractivity contribution < 1.29 is 18.6 Å². The zero-order valence-electron chi connectivity index (χ0n) is 22.6. The average Bonchev–Trinajstić information content (AvgIpc) is 3.20. The molecule has 4 aliphatic carbocycles. The summed E-state index contributed by atoms with van der Waals surface area (Å²) < 4.78 is 27.7. The molecule has 2 saturated heterocycles. The van der Waals surface area contributed by atoms with E-state index in [-0.39, 0.29) is 33.7 Å². The highest BCUT2D eigenvalue weighted by atomic mass is 28.4. The van der Waals surface area contributed by atoms with Gasteiger partial charge in [0.25, 0.3) is 0 Å². The van der Waals surface area contributed by atoms with E-state index in [0.29, 0.717) is 30.0 Å². The van der Waals surface area contributed by atoms with Crippen molar-refractivity contribution in [2.75, 3.05) is 0 Å². The van der Waals surface area contributed by atoms with E-state index in [0.717, 1.165) is 6.42 Å². The number of fused-ring (bicyclic) bond motifs is 6. The van der Waals surface area contributed by atoms with Crippen LogP contribution in [0.25, 0.3) is 0 Å². The molecular weight excluding hydrogens is 428 g/mol. The summed E-state index contributed by atoms with van der Waals surface area (Å²) in [6, 6.07) is 0. The van der Waals surface area contributed by atoms with Crippen molar-refractivity contribution in [3.05, 3.63) is 0 Å². The Balaban J connectivity index is 1.39. The first-order chi connectivity index (χ1) is 15.2. The van der Waals surface area contributed by atoms with Gasteiger partial charge < -0.3 is 18.6 Å². The van der Waals surface area contributed by atoms with Gasteiger partial charge in [-0.2, -0.15) is 0 Å². The Hall–Kier alpha value is 0.0569. The summed E-state index contributed by atoms with van der Waals surface area (Å²) >= 11 is 0. The molecular formula is C28H48O4Si. The second kappa shape index (κ2) is 6.68. The lowest BCUT2D eigenvalue weighted by Gasteiger charge is -2.61. The fourth-order valence-electron chi connectivity index (χ4n) is 9.35. The molecule has 6 rings (SSSR count). The Kier molecular flexibility index (Phi) is 4.74. The van der Waals surface area contributed by atoms with Gasteiger partial charge in [0.05, 0.1) is 24.4 Å². The van der Waals surface area contributed by atoms with Crippen LogP contribution < -0.4 is 0 Å². The van der Waals surface area contributed by atoms with E-state index in [9.17, 15) is 0 Å². The Morgan fingerprint density at radius 3 is 2.24 bits per heavy atom. The first-order valence-electron chi connectivity index (χ1n) is 13.9. The van der Waals surface area contributed by atoms with Crippen LogP contribution in [0, 0.1) is 28.6 Å². The van der Waals surface area contributed by atoms with Crippen LogP contribution in [0.15, 0.2) is 0 Å². The molecule has 0 aromatic carbocycles. The molecule has 6 aliphatic rings. The lowest BCUT2D eigenvalue weighted by Crippen LogP contribution is -2.68. The third kappa shape index (κ3) is 2.89. The molecule has 2 aliphatic heterocycles. The van der Waals surface area contributed by atoms with Gasteiger partial charge >= 0.3 is 0 Å². The van der Waals surface area contributed by atoms with Gasteiger partial charge in [-0.15, -0.1) is 0 Å². The van der Waals surface area contributed by atoms with E-state index in [4.69, 9.17) is 18.6 Å². The predicted octanol–water partition coefficient (Wildman–Crippen LogP) is 6.68. The molecule has 0 bridgehead atoms. The molecule has 188 valence electrons. The fraction of sp³-hybridized carbons (Fsp3) is 1.00. The molecule has 0 aromatic rings. The Morgan fingerprint density at radius 1 is 0.848 bits per heavy atom. The Labute approximate surface area is 203 Å². The van der Waals surface area contributed by atoms with Crippen LogP contribution in [0.5, 0.6) is 0 Å². The zero-order chi connectivity index (χ0) is 23.8. The molecule has 5 heteroatoms. The van der Waals surface area contributed by atoms with Crippen molar-refractivity contribution in [3.8, 4) is 0 Å². The largest absolute Gasteiger partial charge is 0.413 e. The SMILES string of the molecule is CC1(C)O[C@@H]2C3CCCC[C@]3(C)[C@@]34O[C@@H]3C[C@@]3(C)C(CC[C@@H]3O[Si](C)(C)C(C)(C)C)C4[C@H]2O1. The van der Waals surface area contributed by atoms with Crippen molar-refractivity contribution >= 4 is 8.32 Å². The van der Waals surface area contributed by atoms with E-state index in [1.54, 1.807) is 0 Å². The minimum Gasteiger partial charge on any atom is -0.413 e. The summed E-state index contributed by atoms with van der Waals surface area (Å²) in [5, 5.41) is 0.237. The van der Waals surface area contributed by atoms with E-state index in [1.165, 1.54) is 38.5 Å². The second-order valence-electron chi connectivity index (χ2n) is 15.0. The van der Waals surface area contributed by atoms with E-state index in [1.807, 2.05) is 0 Å². The van der Waals surface area contributed by atoms with Crippen LogP contribution in [-0.4, -0.2) is 44.1 Å². The number of ether oxygens (including phenoxy) is 3. The lowest BCUT2D eigenvalue weighted by molar-refractivity contribution is -0.175. The quantitative estimate of drug-likeness (QED) is 0.329. The van der Waals surface area contributed by atoms with Crippen molar-refractivity contribution in [1.82, 2.24) is 0 Å². The maximum atomic E-state index is 7.18. The molecule has 0 radical (unpaired) electrons. The predicted molar refractivity (Wildman–Crippen MR) is 133 cm³/mol. The molecule has 10 atom stereocenters. The highest BCUT2D eigenvalue weighted by Crippen LogP contribution is 2.77. The smallest absolute Gasteiger partial charge is 0.192 e. The third-order valence-corrected chi connectivity index (χ3v) is 16.5. The number of hydrogen-bond donors (Lipinski definition) is 0. The molecule has 4 nitrogen and oxygen atoms in total. The van der Waals surface area contributed by atoms with Crippen molar-refractivity contribution in [2.24, 2.45) is 28.6 Å². The van der Waals surface area contributed by atoms with Gasteiger partial charge in [-0.3, -0.25) is 0 Å². The van der Waals surface area contributed by atoms with Gasteiger partial charge in [0, 0.05) is 11.3 Å². The topological polar surface area (TPSA) is 40.2 Å². The minimum absolute atomic E-state index is 0.000919. The van der Waals surface area contributed by atoms with Crippen LogP contribution in [-0.2, 0) is 18.6 Å². The van der Waals surface area contributed by atoms with Crippen molar-refractivity contribution in [1.29, 1.82) is 0 Å². The highest BCUT2D eigenvalue weighted by molar-refractivity contribution is 6.74. The van der Waals surface area contributed by atoms with E-state index < -0.39 is 14.1 Å². The van der Waals surface area contributed by atoms with Gasteiger partial charge in [0.15, 0.2) is 14.1 Å². The summed E-state index contributed by atoms with van der Waals surface area (Å²) in [5.74, 6) is 1.09. The lowest BCUT2D eigenvalue weighted by atomic mass is 9.43. The maximum absolute atomic E-state index is 7.18. The molecule has 1 spiro atoms. The van der Waals surface area contributed by atoms with Crippen LogP contribution in [0.1, 0.15) is 93.4 Å². The number of epoxide rings is 1. The average molecular weight is 477 g/mol. The number of hydrogen-bond acceptors (Lipinski definition) is 4. The summed E-state index contributed by atoms with van der Waals surface area (Å²) in [7, 11) is -1.84. The second-order valence-corrected chi connectivity index (χ2v) is 19.8. The zero-order valence-corrected chi connectivity index (χ0v) is 23.6. The van der Waals surface area contributed by atoms with Gasteiger partial charge in [-0.25, -0.2) is 0 Å². The van der Waals surface area contributed by atoms with E-state index >= 15 is 0 Å². The summed E-state index contributed by atoms with van der Waals surface area (Å²) in [6.45, 7) is 21.3. The van der Waals surface area contributed by atoms with Gasteiger partial charge in [-0.05, 0) is 81.3 Å². The maximum Gasteiger partial charge on any atom is 0.192 e. The standard InChI is InChI=1S/C28H48O4Si/c1-24(2,3)33(8,9)32-19-14-13-17-21-23-22(30-25(4,5)31-23)18-12-10-11-15-27(18,7)28(21)20(29-28)16-26(17,19)6/h17-23H,10-16H2,1-9H3/t17?,18?,19-,20+,21?,22+,23+,26-,27-,28+/m0/s1. The first-order valence-corrected chi connectivity index (χ1v) is 16.8. The normalized spacial score (nSPS) is 54.6. The summed E-state index contributed by atoms with van der Waals surface area (Å²) in [5.41, 5.74) is 0.383. The van der Waals surface area contributed by atoms with Crippen LogP contribution in [0.4, 0.5) is 0 Å². The number of rotatable bonds is 2. The molecule has 0 N–H and O–H groups in total. The molecule has 0 amide bonds. The molecule has 4 saturated carbocycles. The monoisotopic (exact) mass is 476 g/mol. The summed E-state index contributed by atoms with van der Waals surface area (Å²) in [6.07, 6.45) is 9.89. The highest BCUT2D eigenvalue weighted by Gasteiger charge is 2.84. The van der Waals surface area contributed by atoms with E-state index in [2.05, 4.69) is 61.6 Å². The van der Waals surface area contributed by atoms with Gasteiger partial charge in [-0.1, -0.05) is 47.5 Å². The van der Waals surface area contributed by atoms with Crippen LogP contribution in [0.2, 0.25) is 18.1 Å². The molecule has 6 fully saturated rings. The van der Waals surface area contributed by atoms with Crippen LogP contribution in [0.3, 0.4) is 0 Å². The summed E-state index contributed by atoms with van der Waals surface area (Å²) in [4.78, 5) is 0. The van der Waals surface area contributed by atoms with Crippen LogP contribution >= 0.6 is 0 Å². The van der Waals surface area contributed by atoms with Gasteiger partial charge in [0.2, 0.25) is 0 Å². The first kappa shape index (κ1) is 23.5. The molecule has 3 unspecified atom stereocenters. The molecule has 2 heterocycles. The Morgan fingerprint density at radius 2 is 1.55 bits per heavy atom. The van der Waals surface area contributed by atoms with Crippen molar-refractivity contribution in [3.63, 3.8) is 0 Å². The molecule has 0 aromatic heterocycles. The third-order valence-electron chi connectivity index (χ3n) is 12.0. The van der Waals surface area contributed by atoms with Crippen molar-refractivity contribution in [2.45, 2.75) is 147 Å². The Bertz CT molecular complexity index is 834.